The number of nitrogens with zero attached hydrogens (tertiary/aromatic N) is 2. The Bertz CT molecular complexity index is 947. The molecule has 3 rings (SSSR count). The molecular weight excluding hydrogens is 292 g/mol. The number of nitrogens with two attached hydrogens (primary N) is 1. The lowest BCUT2D eigenvalue weighted by Gasteiger charge is -2.14. The van der Waals surface area contributed by atoms with Gasteiger partial charge >= 0.3 is 0 Å². The molecule has 1 aromatic heterocycles. The molecule has 0 bridgehead atoms. The zero-order chi connectivity index (χ0) is 16.4. The Balaban J connectivity index is 2.09. The number of amides is 1. The van der Waals surface area contributed by atoms with Gasteiger partial charge in [0.25, 0.3) is 11.5 Å². The molecule has 0 aliphatic carbocycles. The summed E-state index contributed by atoms with van der Waals surface area (Å²) >= 11 is 0. The first kappa shape index (κ1) is 14.8. The summed E-state index contributed by atoms with van der Waals surface area (Å²) in [6, 6.07) is 13.7. The molecule has 1 amide bonds. The zero-order valence-electron chi connectivity index (χ0n) is 12.6. The van der Waals surface area contributed by atoms with Gasteiger partial charge in [-0.25, -0.2) is 9.66 Å². The van der Waals surface area contributed by atoms with Crippen molar-refractivity contribution in [1.29, 1.82) is 0 Å². The van der Waals surface area contributed by atoms with Crippen LogP contribution in [-0.4, -0.2) is 15.6 Å². The molecule has 0 aliphatic rings. The summed E-state index contributed by atoms with van der Waals surface area (Å²) in [5.41, 5.74) is 9.38. The number of rotatable bonds is 3. The summed E-state index contributed by atoms with van der Waals surface area (Å²) in [7, 11) is 0. The minimum atomic E-state index is -0.447. The van der Waals surface area contributed by atoms with Crippen LogP contribution in [0.15, 0.2) is 53.3 Å². The van der Waals surface area contributed by atoms with Crippen LogP contribution in [0.3, 0.4) is 0 Å². The average molecular weight is 308 g/mol. The van der Waals surface area contributed by atoms with E-state index in [2.05, 4.69) is 10.4 Å². The van der Waals surface area contributed by atoms with E-state index in [-0.39, 0.29) is 5.56 Å². The van der Waals surface area contributed by atoms with Crippen LogP contribution in [0, 0.1) is 0 Å². The summed E-state index contributed by atoms with van der Waals surface area (Å²) in [6.45, 7) is 1.87. The molecule has 0 saturated heterocycles. The predicted molar refractivity (Wildman–Crippen MR) is 89.9 cm³/mol. The van der Waals surface area contributed by atoms with Crippen LogP contribution in [-0.2, 0) is 6.42 Å². The normalized spacial score (nSPS) is 10.7. The molecule has 2 aromatic carbocycles. The summed E-state index contributed by atoms with van der Waals surface area (Å²) in [6.07, 6.45) is 0.505. The van der Waals surface area contributed by atoms with E-state index < -0.39 is 5.91 Å². The highest BCUT2D eigenvalue weighted by Gasteiger charge is 2.14. The maximum Gasteiger partial charge on any atom is 0.280 e. The van der Waals surface area contributed by atoms with E-state index in [4.69, 9.17) is 5.73 Å². The van der Waals surface area contributed by atoms with Crippen molar-refractivity contribution in [2.75, 3.05) is 11.2 Å². The Hall–Kier alpha value is -3.15. The van der Waals surface area contributed by atoms with Crippen molar-refractivity contribution in [2.24, 2.45) is 0 Å². The number of hydrogen-bond acceptors (Lipinski definition) is 4. The third-order valence-electron chi connectivity index (χ3n) is 3.58. The minimum Gasteiger partial charge on any atom is -0.398 e. The number of carbonyl (C=O) groups excluding carboxylic acids is 1. The largest absolute Gasteiger partial charge is 0.398 e. The molecule has 6 heteroatoms. The Morgan fingerprint density at radius 2 is 1.87 bits per heavy atom. The van der Waals surface area contributed by atoms with Crippen LogP contribution < -0.4 is 16.7 Å². The summed E-state index contributed by atoms with van der Waals surface area (Å²) in [5, 5.41) is 0.450. The van der Waals surface area contributed by atoms with Crippen molar-refractivity contribution in [3.05, 3.63) is 70.3 Å². The van der Waals surface area contributed by atoms with Crippen molar-refractivity contribution >= 4 is 22.5 Å². The predicted octanol–water partition coefficient (Wildman–Crippen LogP) is 1.92. The van der Waals surface area contributed by atoms with Gasteiger partial charge in [0.1, 0.15) is 5.82 Å². The number of carbonyl (C=O) groups is 1. The van der Waals surface area contributed by atoms with Gasteiger partial charge in [-0.1, -0.05) is 31.2 Å². The van der Waals surface area contributed by atoms with Gasteiger partial charge in [-0.15, -0.1) is 0 Å². The number of hydrogen-bond donors (Lipinski definition) is 2. The fraction of sp³-hybridized carbons (Fsp3) is 0.118. The number of para-hydroxylation sites is 2. The van der Waals surface area contributed by atoms with Crippen molar-refractivity contribution in [2.45, 2.75) is 13.3 Å². The summed E-state index contributed by atoms with van der Waals surface area (Å²) in [5.74, 6) is 0.0357. The lowest BCUT2D eigenvalue weighted by Crippen LogP contribution is -2.36. The Labute approximate surface area is 132 Å². The van der Waals surface area contributed by atoms with E-state index in [1.54, 1.807) is 42.5 Å². The minimum absolute atomic E-state index is 0.310. The molecule has 1 heterocycles. The number of aromatic nitrogens is 2. The van der Waals surface area contributed by atoms with E-state index >= 15 is 0 Å². The number of nitrogen functional groups attached to an aromatic ring is 1. The van der Waals surface area contributed by atoms with E-state index in [0.29, 0.717) is 34.4 Å². The van der Waals surface area contributed by atoms with Crippen LogP contribution in [0.4, 0.5) is 5.69 Å². The first-order valence-corrected chi connectivity index (χ1v) is 7.28. The van der Waals surface area contributed by atoms with Crippen molar-refractivity contribution in [3.63, 3.8) is 0 Å². The van der Waals surface area contributed by atoms with E-state index in [1.807, 2.05) is 13.0 Å². The van der Waals surface area contributed by atoms with Crippen molar-refractivity contribution in [1.82, 2.24) is 9.66 Å². The number of nitrogens with one attached hydrogen (secondary N) is 1. The second-order valence-corrected chi connectivity index (χ2v) is 5.07. The number of fused-ring (bicyclic) bond motifs is 1. The van der Waals surface area contributed by atoms with E-state index in [1.165, 1.54) is 4.68 Å². The van der Waals surface area contributed by atoms with Gasteiger partial charge in [0.05, 0.1) is 16.5 Å². The monoisotopic (exact) mass is 308 g/mol. The van der Waals surface area contributed by atoms with Crippen LogP contribution in [0.1, 0.15) is 23.1 Å². The van der Waals surface area contributed by atoms with E-state index in [0.717, 1.165) is 0 Å². The third kappa shape index (κ3) is 2.66. The summed E-state index contributed by atoms with van der Waals surface area (Å²) < 4.78 is 1.19. The van der Waals surface area contributed by atoms with Crippen LogP contribution in [0.2, 0.25) is 0 Å². The molecule has 0 aliphatic heterocycles. The highest BCUT2D eigenvalue weighted by atomic mass is 16.2. The molecule has 3 aromatic rings. The van der Waals surface area contributed by atoms with Gasteiger partial charge in [0, 0.05) is 12.1 Å². The van der Waals surface area contributed by atoms with Gasteiger partial charge in [0.2, 0.25) is 0 Å². The van der Waals surface area contributed by atoms with Crippen LogP contribution in [0.25, 0.3) is 10.9 Å². The molecule has 116 valence electrons. The maximum atomic E-state index is 12.6. The lowest BCUT2D eigenvalue weighted by molar-refractivity contribution is 0.101. The SMILES string of the molecule is CCc1nc2ccccc2c(=O)n1NC(=O)c1ccccc1N. The molecule has 0 unspecified atom stereocenters. The molecule has 0 atom stereocenters. The number of benzene rings is 2. The molecular formula is C17H16N4O2. The van der Waals surface area contributed by atoms with Crippen molar-refractivity contribution < 1.29 is 4.79 Å². The second kappa shape index (κ2) is 5.92. The molecule has 3 N–H and O–H groups in total. The van der Waals surface area contributed by atoms with E-state index in [9.17, 15) is 9.59 Å². The molecule has 23 heavy (non-hydrogen) atoms. The highest BCUT2D eigenvalue weighted by Crippen LogP contribution is 2.11. The van der Waals surface area contributed by atoms with Gasteiger partial charge in [0.15, 0.2) is 0 Å². The molecule has 0 saturated carbocycles. The standard InChI is InChI=1S/C17H16N4O2/c1-2-15-19-14-10-6-4-8-12(14)17(23)21(15)20-16(22)11-7-3-5-9-13(11)18/h3-10H,2,18H2,1H3,(H,20,22). The summed E-state index contributed by atoms with van der Waals surface area (Å²) in [4.78, 5) is 29.5. The Morgan fingerprint density at radius 1 is 1.17 bits per heavy atom. The van der Waals surface area contributed by atoms with Crippen LogP contribution >= 0.6 is 0 Å². The molecule has 0 fully saturated rings. The number of anilines is 1. The molecule has 6 nitrogen and oxygen atoms in total. The van der Waals surface area contributed by atoms with Gasteiger partial charge < -0.3 is 5.73 Å². The number of aryl methyl sites for hydroxylation is 1. The van der Waals surface area contributed by atoms with Gasteiger partial charge in [-0.05, 0) is 24.3 Å². The molecule has 0 spiro atoms. The highest BCUT2D eigenvalue weighted by molar-refractivity contribution is 6.04. The lowest BCUT2D eigenvalue weighted by atomic mass is 10.2. The second-order valence-electron chi connectivity index (χ2n) is 5.07. The van der Waals surface area contributed by atoms with Crippen LogP contribution in [0.5, 0.6) is 0 Å². The molecule has 0 radical (unpaired) electrons. The quantitative estimate of drug-likeness (QED) is 0.723. The van der Waals surface area contributed by atoms with Crippen molar-refractivity contribution in [3.8, 4) is 0 Å². The Kier molecular flexibility index (Phi) is 3.80. The average Bonchev–Trinajstić information content (AvgIpc) is 2.57. The zero-order valence-corrected chi connectivity index (χ0v) is 12.6. The first-order chi connectivity index (χ1) is 11.1. The third-order valence-corrected chi connectivity index (χ3v) is 3.58. The van der Waals surface area contributed by atoms with Gasteiger partial charge in [-0.3, -0.25) is 15.0 Å². The van der Waals surface area contributed by atoms with Gasteiger partial charge in [-0.2, -0.15) is 0 Å². The fourth-order valence-corrected chi connectivity index (χ4v) is 2.40. The smallest absolute Gasteiger partial charge is 0.280 e. The topological polar surface area (TPSA) is 90.0 Å². The Morgan fingerprint density at radius 3 is 2.61 bits per heavy atom. The maximum absolute atomic E-state index is 12.6. The first-order valence-electron chi connectivity index (χ1n) is 7.28. The fourth-order valence-electron chi connectivity index (χ4n) is 2.40.